The minimum atomic E-state index is 0.171. The molecule has 84 valence electrons. The van der Waals surface area contributed by atoms with Gasteiger partial charge in [0.25, 0.3) is 0 Å². The van der Waals surface area contributed by atoms with Gasteiger partial charge in [-0.3, -0.25) is 0 Å². The molecule has 0 aliphatic heterocycles. The van der Waals surface area contributed by atoms with E-state index in [1.54, 1.807) is 13.3 Å². The van der Waals surface area contributed by atoms with Gasteiger partial charge < -0.3 is 4.74 Å². The van der Waals surface area contributed by atoms with Crippen LogP contribution in [-0.4, -0.2) is 12.1 Å². The zero-order chi connectivity index (χ0) is 11.8. The molecular weight excluding hydrogens is 198 g/mol. The summed E-state index contributed by atoms with van der Waals surface area (Å²) < 4.78 is 5.24. The lowest BCUT2D eigenvalue weighted by Crippen LogP contribution is -2.10. The van der Waals surface area contributed by atoms with Crippen LogP contribution in [0.15, 0.2) is 30.5 Å². The minimum Gasteiger partial charge on any atom is -0.481 e. The molecule has 0 amide bonds. The predicted molar refractivity (Wildman–Crippen MR) is 67.0 cm³/mol. The monoisotopic (exact) mass is 215 g/mol. The Labute approximate surface area is 96.3 Å². The Bertz CT molecular complexity index is 512. The van der Waals surface area contributed by atoms with E-state index in [9.17, 15) is 0 Å². The summed E-state index contributed by atoms with van der Waals surface area (Å²) in [6.07, 6.45) is 1.79. The molecule has 0 unspecified atom stereocenters. The summed E-state index contributed by atoms with van der Waals surface area (Å²) in [5.74, 6) is 0.693. The van der Waals surface area contributed by atoms with Crippen molar-refractivity contribution in [3.8, 4) is 5.88 Å². The average molecular weight is 215 g/mol. The van der Waals surface area contributed by atoms with E-state index in [4.69, 9.17) is 4.74 Å². The van der Waals surface area contributed by atoms with Gasteiger partial charge in [-0.25, -0.2) is 4.98 Å². The summed E-state index contributed by atoms with van der Waals surface area (Å²) in [5.41, 5.74) is 1.50. The van der Waals surface area contributed by atoms with Gasteiger partial charge in [0.05, 0.1) is 7.11 Å². The molecule has 1 heterocycles. The van der Waals surface area contributed by atoms with E-state index in [0.29, 0.717) is 5.88 Å². The number of ether oxygens (including phenoxy) is 1. The third-order valence-electron chi connectivity index (χ3n) is 2.79. The lowest BCUT2D eigenvalue weighted by atomic mass is 9.86. The second-order valence-corrected chi connectivity index (χ2v) is 5.01. The highest BCUT2D eigenvalue weighted by Crippen LogP contribution is 2.29. The number of fused-ring (bicyclic) bond motifs is 1. The van der Waals surface area contributed by atoms with Crippen LogP contribution in [0, 0.1) is 0 Å². The molecule has 2 heteroatoms. The van der Waals surface area contributed by atoms with E-state index in [-0.39, 0.29) is 5.41 Å². The van der Waals surface area contributed by atoms with E-state index < -0.39 is 0 Å². The fourth-order valence-electron chi connectivity index (χ4n) is 1.78. The van der Waals surface area contributed by atoms with Crippen molar-refractivity contribution in [2.45, 2.75) is 26.2 Å². The van der Waals surface area contributed by atoms with Crippen LogP contribution in [0.5, 0.6) is 5.88 Å². The van der Waals surface area contributed by atoms with Gasteiger partial charge in [-0.2, -0.15) is 0 Å². The summed E-state index contributed by atoms with van der Waals surface area (Å²) in [6, 6.07) is 8.46. The van der Waals surface area contributed by atoms with Crippen molar-refractivity contribution in [3.05, 3.63) is 36.0 Å². The van der Waals surface area contributed by atoms with Crippen LogP contribution < -0.4 is 4.74 Å². The van der Waals surface area contributed by atoms with E-state index in [1.807, 2.05) is 6.07 Å². The van der Waals surface area contributed by atoms with Gasteiger partial charge in [-0.15, -0.1) is 0 Å². The molecule has 16 heavy (non-hydrogen) atoms. The molecule has 0 bridgehead atoms. The van der Waals surface area contributed by atoms with E-state index in [1.165, 1.54) is 10.9 Å². The fourth-order valence-corrected chi connectivity index (χ4v) is 1.78. The lowest BCUT2D eigenvalue weighted by Gasteiger charge is -2.19. The van der Waals surface area contributed by atoms with Crippen LogP contribution in [0.1, 0.15) is 26.3 Å². The highest BCUT2D eigenvalue weighted by Gasteiger charge is 2.14. The number of hydrogen-bond donors (Lipinski definition) is 0. The molecule has 0 saturated heterocycles. The normalized spacial score (nSPS) is 11.8. The molecule has 0 N–H and O–H groups in total. The molecule has 0 spiro atoms. The fraction of sp³-hybridized carbons (Fsp3) is 0.357. The molecule has 2 aromatic rings. The first-order valence-electron chi connectivity index (χ1n) is 5.45. The zero-order valence-electron chi connectivity index (χ0n) is 10.2. The molecule has 1 aromatic heterocycles. The lowest BCUT2D eigenvalue weighted by molar-refractivity contribution is 0.403. The molecule has 1 aromatic carbocycles. The van der Waals surface area contributed by atoms with Crippen LogP contribution in [0.2, 0.25) is 0 Å². The highest BCUT2D eigenvalue weighted by molar-refractivity contribution is 5.87. The molecule has 2 rings (SSSR count). The van der Waals surface area contributed by atoms with Crippen LogP contribution in [0.25, 0.3) is 10.8 Å². The number of aromatic nitrogens is 1. The number of benzene rings is 1. The summed E-state index contributed by atoms with van der Waals surface area (Å²) in [4.78, 5) is 4.19. The summed E-state index contributed by atoms with van der Waals surface area (Å²) in [7, 11) is 1.65. The van der Waals surface area contributed by atoms with E-state index in [0.717, 1.165) is 5.39 Å². The van der Waals surface area contributed by atoms with E-state index >= 15 is 0 Å². The number of nitrogens with zero attached hydrogens (tertiary/aromatic N) is 1. The molecule has 0 radical (unpaired) electrons. The molecule has 2 nitrogen and oxygen atoms in total. The summed E-state index contributed by atoms with van der Waals surface area (Å²) in [5, 5.41) is 2.25. The van der Waals surface area contributed by atoms with Crippen LogP contribution in [-0.2, 0) is 5.41 Å². The topological polar surface area (TPSA) is 22.1 Å². The first-order valence-corrected chi connectivity index (χ1v) is 5.45. The van der Waals surface area contributed by atoms with Crippen LogP contribution in [0.4, 0.5) is 0 Å². The first kappa shape index (κ1) is 10.9. The van der Waals surface area contributed by atoms with Crippen LogP contribution >= 0.6 is 0 Å². The van der Waals surface area contributed by atoms with Crippen molar-refractivity contribution in [1.29, 1.82) is 0 Å². The molecule has 0 saturated carbocycles. The summed E-state index contributed by atoms with van der Waals surface area (Å²) in [6.45, 7) is 6.64. The van der Waals surface area contributed by atoms with Crippen molar-refractivity contribution in [2.24, 2.45) is 0 Å². The van der Waals surface area contributed by atoms with Gasteiger partial charge >= 0.3 is 0 Å². The average Bonchev–Trinajstić information content (AvgIpc) is 2.26. The molecule has 0 aliphatic rings. The second-order valence-electron chi connectivity index (χ2n) is 5.01. The first-order chi connectivity index (χ1) is 7.52. The largest absolute Gasteiger partial charge is 0.481 e. The molecule has 0 aliphatic carbocycles. The standard InChI is InChI=1S/C14H17NO/c1-14(2,3)11-5-6-12-10(9-11)7-8-15-13(12)16-4/h5-9H,1-4H3. The molecular formula is C14H17NO. The van der Waals surface area contributed by atoms with Gasteiger partial charge in [-0.1, -0.05) is 32.9 Å². The van der Waals surface area contributed by atoms with Crippen molar-refractivity contribution in [1.82, 2.24) is 4.98 Å². The Morgan fingerprint density at radius 1 is 1.12 bits per heavy atom. The zero-order valence-corrected chi connectivity index (χ0v) is 10.2. The van der Waals surface area contributed by atoms with Gasteiger partial charge in [0.15, 0.2) is 0 Å². The Kier molecular flexibility index (Phi) is 2.58. The van der Waals surface area contributed by atoms with Crippen molar-refractivity contribution < 1.29 is 4.74 Å². The maximum Gasteiger partial charge on any atom is 0.221 e. The number of hydrogen-bond acceptors (Lipinski definition) is 2. The van der Waals surface area contributed by atoms with Crippen LogP contribution in [0.3, 0.4) is 0 Å². The number of rotatable bonds is 1. The second kappa shape index (κ2) is 3.78. The molecule has 0 atom stereocenters. The van der Waals surface area contributed by atoms with Gasteiger partial charge in [0, 0.05) is 11.6 Å². The third kappa shape index (κ3) is 1.87. The number of pyridine rings is 1. The van der Waals surface area contributed by atoms with Crippen molar-refractivity contribution >= 4 is 10.8 Å². The summed E-state index contributed by atoms with van der Waals surface area (Å²) >= 11 is 0. The van der Waals surface area contributed by atoms with Gasteiger partial charge in [0.1, 0.15) is 0 Å². The van der Waals surface area contributed by atoms with Gasteiger partial charge in [0.2, 0.25) is 5.88 Å². The SMILES string of the molecule is COc1nccc2cc(C(C)(C)C)ccc12. The number of methoxy groups -OCH3 is 1. The third-order valence-corrected chi connectivity index (χ3v) is 2.79. The smallest absolute Gasteiger partial charge is 0.221 e. The predicted octanol–water partition coefficient (Wildman–Crippen LogP) is 3.54. The van der Waals surface area contributed by atoms with Crippen molar-refractivity contribution in [3.63, 3.8) is 0 Å². The maximum atomic E-state index is 5.24. The Morgan fingerprint density at radius 2 is 1.88 bits per heavy atom. The Hall–Kier alpha value is -1.57. The Morgan fingerprint density at radius 3 is 2.50 bits per heavy atom. The quantitative estimate of drug-likeness (QED) is 0.726. The maximum absolute atomic E-state index is 5.24. The minimum absolute atomic E-state index is 0.171. The Balaban J connectivity index is 2.64. The van der Waals surface area contributed by atoms with E-state index in [2.05, 4.69) is 44.0 Å². The van der Waals surface area contributed by atoms with Crippen molar-refractivity contribution in [2.75, 3.05) is 7.11 Å². The highest BCUT2D eigenvalue weighted by atomic mass is 16.5. The molecule has 0 fully saturated rings. The van der Waals surface area contributed by atoms with Gasteiger partial charge in [-0.05, 0) is 28.5 Å².